The minimum Gasteiger partial charge on any atom is -0.382 e. The van der Waals surface area contributed by atoms with Crippen LogP contribution in [0.3, 0.4) is 0 Å². The van der Waals surface area contributed by atoms with Crippen molar-refractivity contribution in [1.82, 2.24) is 14.7 Å². The van der Waals surface area contributed by atoms with E-state index < -0.39 is 0 Å². The van der Waals surface area contributed by atoms with Crippen LogP contribution in [0, 0.1) is 0 Å². The zero-order valence-corrected chi connectivity index (χ0v) is 10.0. The van der Waals surface area contributed by atoms with E-state index in [-0.39, 0.29) is 0 Å². The van der Waals surface area contributed by atoms with Crippen molar-refractivity contribution in [1.29, 1.82) is 0 Å². The van der Waals surface area contributed by atoms with Crippen molar-refractivity contribution in [3.63, 3.8) is 0 Å². The lowest BCUT2D eigenvalue weighted by molar-refractivity contribution is 0.638. The van der Waals surface area contributed by atoms with Crippen LogP contribution in [0.5, 0.6) is 0 Å². The molecule has 0 amide bonds. The number of aryl methyl sites for hydroxylation is 1. The van der Waals surface area contributed by atoms with E-state index in [4.69, 9.17) is 5.73 Å². The molecule has 16 heavy (non-hydrogen) atoms. The van der Waals surface area contributed by atoms with Gasteiger partial charge in [-0.05, 0) is 42.0 Å². The van der Waals surface area contributed by atoms with Crippen molar-refractivity contribution in [3.8, 4) is 0 Å². The summed E-state index contributed by atoms with van der Waals surface area (Å²) in [6.07, 6.45) is 2.00. The quantitative estimate of drug-likeness (QED) is 0.784. The lowest BCUT2D eigenvalue weighted by Crippen LogP contribution is -2.25. The molecule has 0 aromatic carbocycles. The first-order chi connectivity index (χ1) is 7.81. The molecule has 0 saturated heterocycles. The summed E-state index contributed by atoms with van der Waals surface area (Å²) in [7, 11) is 0. The zero-order chi connectivity index (χ0) is 11.1. The van der Waals surface area contributed by atoms with E-state index in [1.165, 1.54) is 28.4 Å². The molecule has 1 aliphatic heterocycles. The third kappa shape index (κ3) is 1.32. The number of pyridine rings is 1. The molecule has 0 radical (unpaired) electrons. The summed E-state index contributed by atoms with van der Waals surface area (Å²) >= 11 is 1.41. The van der Waals surface area contributed by atoms with Crippen LogP contribution in [0.1, 0.15) is 23.7 Å². The monoisotopic (exact) mass is 234 g/mol. The van der Waals surface area contributed by atoms with E-state index >= 15 is 0 Å². The van der Waals surface area contributed by atoms with Gasteiger partial charge in [0.2, 0.25) is 0 Å². The Morgan fingerprint density at radius 3 is 3.12 bits per heavy atom. The Labute approximate surface area is 98.0 Å². The summed E-state index contributed by atoms with van der Waals surface area (Å²) in [5.41, 5.74) is 9.83. The molecule has 0 unspecified atom stereocenters. The van der Waals surface area contributed by atoms with Gasteiger partial charge >= 0.3 is 0 Å². The molecule has 3 rings (SSSR count). The number of rotatable bonds is 1. The first-order valence-corrected chi connectivity index (χ1v) is 6.34. The number of nitrogens with one attached hydrogen (secondary N) is 1. The SMILES string of the molecule is CCc1nc2snc(N)c2c2c1CNCC2. The first kappa shape index (κ1) is 9.99. The average molecular weight is 234 g/mol. The lowest BCUT2D eigenvalue weighted by atomic mass is 9.96. The summed E-state index contributed by atoms with van der Waals surface area (Å²) in [5, 5.41) is 4.49. The Balaban J connectivity index is 2.38. The Morgan fingerprint density at radius 1 is 1.44 bits per heavy atom. The molecule has 0 saturated carbocycles. The molecule has 1 aliphatic rings. The maximum atomic E-state index is 5.93. The molecular formula is C11H14N4S. The highest BCUT2D eigenvalue weighted by molar-refractivity contribution is 7.13. The smallest absolute Gasteiger partial charge is 0.146 e. The van der Waals surface area contributed by atoms with Crippen molar-refractivity contribution in [2.75, 3.05) is 12.3 Å². The molecule has 0 bridgehead atoms. The highest BCUT2D eigenvalue weighted by atomic mass is 32.1. The van der Waals surface area contributed by atoms with Crippen LogP contribution in [0.4, 0.5) is 5.82 Å². The topological polar surface area (TPSA) is 63.8 Å². The Hall–Kier alpha value is -1.20. The van der Waals surface area contributed by atoms with Gasteiger partial charge in [0.05, 0.1) is 5.39 Å². The fraction of sp³-hybridized carbons (Fsp3) is 0.455. The number of nitrogens with zero attached hydrogens (tertiary/aromatic N) is 2. The van der Waals surface area contributed by atoms with Crippen LogP contribution in [0.25, 0.3) is 10.2 Å². The second-order valence-electron chi connectivity index (χ2n) is 4.04. The van der Waals surface area contributed by atoms with Gasteiger partial charge in [0.1, 0.15) is 10.6 Å². The third-order valence-electron chi connectivity index (χ3n) is 3.14. The highest BCUT2D eigenvalue weighted by Gasteiger charge is 2.20. The molecule has 2 aromatic heterocycles. The van der Waals surface area contributed by atoms with Crippen molar-refractivity contribution in [2.24, 2.45) is 0 Å². The Kier molecular flexibility index (Phi) is 2.29. The second kappa shape index (κ2) is 3.68. The molecule has 0 aliphatic carbocycles. The summed E-state index contributed by atoms with van der Waals surface area (Å²) < 4.78 is 4.22. The largest absolute Gasteiger partial charge is 0.382 e. The third-order valence-corrected chi connectivity index (χ3v) is 3.90. The minimum absolute atomic E-state index is 0.647. The van der Waals surface area contributed by atoms with Crippen LogP contribution in [-0.2, 0) is 19.4 Å². The van der Waals surface area contributed by atoms with Gasteiger partial charge in [-0.2, -0.15) is 4.37 Å². The van der Waals surface area contributed by atoms with Crippen LogP contribution in [0.2, 0.25) is 0 Å². The molecule has 5 heteroatoms. The van der Waals surface area contributed by atoms with Gasteiger partial charge in [-0.25, -0.2) is 4.98 Å². The molecule has 3 heterocycles. The number of nitrogen functional groups attached to an aromatic ring is 1. The fourth-order valence-corrected chi connectivity index (χ4v) is 3.12. The summed E-state index contributed by atoms with van der Waals surface area (Å²) in [6.45, 7) is 4.08. The predicted octanol–water partition coefficient (Wildman–Crippen LogP) is 1.48. The molecule has 4 nitrogen and oxygen atoms in total. The molecule has 2 aromatic rings. The zero-order valence-electron chi connectivity index (χ0n) is 9.21. The first-order valence-electron chi connectivity index (χ1n) is 5.57. The Bertz CT molecular complexity index is 546. The number of anilines is 1. The maximum Gasteiger partial charge on any atom is 0.146 e. The normalized spacial score (nSPS) is 15.3. The fourth-order valence-electron chi connectivity index (χ4n) is 2.37. The van der Waals surface area contributed by atoms with Gasteiger partial charge in [-0.1, -0.05) is 6.92 Å². The number of nitrogens with two attached hydrogens (primary N) is 1. The number of hydrogen-bond donors (Lipinski definition) is 2. The van der Waals surface area contributed by atoms with Gasteiger partial charge in [-0.3, -0.25) is 0 Å². The van der Waals surface area contributed by atoms with Crippen LogP contribution in [0.15, 0.2) is 0 Å². The van der Waals surface area contributed by atoms with Gasteiger partial charge in [0.15, 0.2) is 0 Å². The van der Waals surface area contributed by atoms with E-state index in [0.29, 0.717) is 5.82 Å². The maximum absolute atomic E-state index is 5.93. The van der Waals surface area contributed by atoms with Crippen LogP contribution >= 0.6 is 11.5 Å². The summed E-state index contributed by atoms with van der Waals surface area (Å²) in [6, 6.07) is 0. The highest BCUT2D eigenvalue weighted by Crippen LogP contribution is 2.32. The molecular weight excluding hydrogens is 220 g/mol. The number of aromatic nitrogens is 2. The number of hydrogen-bond acceptors (Lipinski definition) is 5. The van der Waals surface area contributed by atoms with Crippen LogP contribution < -0.4 is 11.1 Å². The van der Waals surface area contributed by atoms with E-state index in [2.05, 4.69) is 21.6 Å². The predicted molar refractivity (Wildman–Crippen MR) is 66.6 cm³/mol. The average Bonchev–Trinajstić information content (AvgIpc) is 2.70. The molecule has 0 atom stereocenters. The summed E-state index contributed by atoms with van der Waals surface area (Å²) in [4.78, 5) is 5.66. The van der Waals surface area contributed by atoms with E-state index in [9.17, 15) is 0 Å². The standard InChI is InChI=1S/C11H14N4S/c1-2-8-7-5-13-4-3-6(7)9-10(12)15-16-11(9)14-8/h13H,2-5H2,1H3,(H2,12,15). The lowest BCUT2D eigenvalue weighted by Gasteiger charge is -2.20. The minimum atomic E-state index is 0.647. The van der Waals surface area contributed by atoms with E-state index in [0.717, 1.165) is 36.1 Å². The molecule has 0 spiro atoms. The van der Waals surface area contributed by atoms with Crippen molar-refractivity contribution in [3.05, 3.63) is 16.8 Å². The molecule has 3 N–H and O–H groups in total. The summed E-state index contributed by atoms with van der Waals surface area (Å²) in [5.74, 6) is 0.647. The molecule has 84 valence electrons. The Morgan fingerprint density at radius 2 is 2.31 bits per heavy atom. The van der Waals surface area contributed by atoms with Crippen molar-refractivity contribution < 1.29 is 0 Å². The van der Waals surface area contributed by atoms with Gasteiger partial charge in [-0.15, -0.1) is 0 Å². The van der Waals surface area contributed by atoms with E-state index in [1.807, 2.05) is 0 Å². The second-order valence-corrected chi connectivity index (χ2v) is 4.80. The van der Waals surface area contributed by atoms with Crippen LogP contribution in [-0.4, -0.2) is 15.9 Å². The van der Waals surface area contributed by atoms with Gasteiger partial charge < -0.3 is 11.1 Å². The van der Waals surface area contributed by atoms with Gasteiger partial charge in [0.25, 0.3) is 0 Å². The van der Waals surface area contributed by atoms with Crippen molar-refractivity contribution >= 4 is 27.6 Å². The van der Waals surface area contributed by atoms with Crippen molar-refractivity contribution in [2.45, 2.75) is 26.3 Å². The molecule has 0 fully saturated rings. The number of fused-ring (bicyclic) bond motifs is 3. The van der Waals surface area contributed by atoms with E-state index in [1.54, 1.807) is 0 Å². The van der Waals surface area contributed by atoms with Gasteiger partial charge in [0, 0.05) is 12.2 Å².